The predicted molar refractivity (Wildman–Crippen MR) is 142 cm³/mol. The minimum atomic E-state index is -4.05. The third-order valence-electron chi connectivity index (χ3n) is 5.78. The first-order chi connectivity index (χ1) is 17.4. The highest BCUT2D eigenvalue weighted by molar-refractivity contribution is 7.92. The highest BCUT2D eigenvalue weighted by atomic mass is 32.2. The van der Waals surface area contributed by atoms with E-state index in [1.165, 1.54) is 24.3 Å². The second-order valence-corrected chi connectivity index (χ2v) is 11.2. The van der Waals surface area contributed by atoms with Crippen molar-refractivity contribution in [2.24, 2.45) is 0 Å². The van der Waals surface area contributed by atoms with Crippen molar-refractivity contribution in [1.82, 2.24) is 19.7 Å². The number of nitrogens with zero attached hydrogens (tertiary/aromatic N) is 4. The Kier molecular flexibility index (Phi) is 7.13. The predicted octanol–water partition coefficient (Wildman–Crippen LogP) is 4.88. The fraction of sp³-hybridized carbons (Fsp3) is 0.259. The van der Waals surface area contributed by atoms with Gasteiger partial charge in [0, 0.05) is 17.8 Å². The van der Waals surface area contributed by atoms with E-state index in [2.05, 4.69) is 15.1 Å². The molecule has 0 aliphatic carbocycles. The molecule has 3 aromatic heterocycles. The Hall–Kier alpha value is -4.05. The number of hydrogen-bond acceptors (Lipinski definition) is 8. The number of aromatic nitrogens is 4. The fourth-order valence-electron chi connectivity index (χ4n) is 4.00. The monoisotopic (exact) mass is 519 g/mol. The zero-order valence-corrected chi connectivity index (χ0v) is 22.2. The average molecular weight is 520 g/mol. The van der Waals surface area contributed by atoms with E-state index in [-0.39, 0.29) is 28.3 Å². The van der Waals surface area contributed by atoms with Crippen LogP contribution in [0.1, 0.15) is 46.9 Å². The first-order valence-electron chi connectivity index (χ1n) is 11.7. The summed E-state index contributed by atoms with van der Waals surface area (Å²) in [5.74, 6) is -0.847. The molecule has 10 heteroatoms. The summed E-state index contributed by atoms with van der Waals surface area (Å²) in [5.41, 5.74) is 9.78. The minimum absolute atomic E-state index is 0.0191. The molecule has 1 aromatic carbocycles. The summed E-state index contributed by atoms with van der Waals surface area (Å²) in [6.07, 6.45) is 3.54. The van der Waals surface area contributed by atoms with E-state index in [1.807, 2.05) is 52.9 Å². The molecular weight excluding hydrogens is 490 g/mol. The van der Waals surface area contributed by atoms with Crippen molar-refractivity contribution in [3.05, 3.63) is 77.1 Å². The number of ketones is 1. The number of carbonyl (C=O) groups is 1. The molecule has 0 atom stereocenters. The zero-order chi connectivity index (χ0) is 26.9. The maximum absolute atomic E-state index is 13.3. The first kappa shape index (κ1) is 26.0. The lowest BCUT2D eigenvalue weighted by molar-refractivity contribution is 0.101. The van der Waals surface area contributed by atoms with Crippen LogP contribution < -0.4 is 10.5 Å². The number of aryl methyl sites for hydroxylation is 3. The van der Waals surface area contributed by atoms with Gasteiger partial charge < -0.3 is 10.5 Å². The van der Waals surface area contributed by atoms with Gasteiger partial charge in [0.25, 0.3) is 0 Å². The summed E-state index contributed by atoms with van der Waals surface area (Å²) in [6.45, 7) is 9.82. The van der Waals surface area contributed by atoms with Crippen LogP contribution in [-0.4, -0.2) is 39.7 Å². The molecule has 9 nitrogen and oxygen atoms in total. The van der Waals surface area contributed by atoms with Gasteiger partial charge in [-0.05, 0) is 70.0 Å². The highest BCUT2D eigenvalue weighted by Gasteiger charge is 2.26. The number of rotatable bonds is 8. The first-order valence-corrected chi connectivity index (χ1v) is 13.4. The molecule has 4 rings (SSSR count). The smallest absolute Gasteiger partial charge is 0.230 e. The lowest BCUT2D eigenvalue weighted by atomic mass is 10.1. The van der Waals surface area contributed by atoms with Crippen LogP contribution in [0, 0.1) is 20.8 Å². The van der Waals surface area contributed by atoms with Crippen molar-refractivity contribution in [2.45, 2.75) is 45.7 Å². The van der Waals surface area contributed by atoms with Crippen LogP contribution in [0.2, 0.25) is 0 Å². The lowest BCUT2D eigenvalue weighted by Gasteiger charge is -2.15. The number of carbonyl (C=O) groups excluding carboxylic acids is 1. The molecule has 0 amide bonds. The molecule has 0 unspecified atom stereocenters. The molecule has 0 radical (unpaired) electrons. The van der Waals surface area contributed by atoms with E-state index < -0.39 is 21.4 Å². The second kappa shape index (κ2) is 10.1. The van der Waals surface area contributed by atoms with Crippen LogP contribution in [-0.2, 0) is 9.84 Å². The summed E-state index contributed by atoms with van der Waals surface area (Å²) in [4.78, 5) is 21.8. The molecule has 0 spiro atoms. The molecule has 0 saturated heterocycles. The summed E-state index contributed by atoms with van der Waals surface area (Å²) in [5, 5.41) is 4.10. The largest absolute Gasteiger partial charge is 0.438 e. The summed E-state index contributed by atoms with van der Waals surface area (Å²) < 4.78 is 33.9. The Bertz CT molecular complexity index is 1570. The Labute approximate surface area is 216 Å². The fourth-order valence-corrected chi connectivity index (χ4v) is 5.18. The van der Waals surface area contributed by atoms with E-state index in [9.17, 15) is 13.2 Å². The highest BCUT2D eigenvalue weighted by Crippen LogP contribution is 2.33. The molecule has 4 aromatic rings. The Balaban J connectivity index is 1.77. The topological polar surface area (TPSA) is 130 Å². The van der Waals surface area contributed by atoms with Crippen molar-refractivity contribution in [3.8, 4) is 22.9 Å². The Morgan fingerprint density at radius 2 is 1.76 bits per heavy atom. The van der Waals surface area contributed by atoms with Gasteiger partial charge in [0.05, 0.1) is 17.5 Å². The number of pyridine rings is 2. The summed E-state index contributed by atoms with van der Waals surface area (Å²) in [6, 6.07) is 11.5. The third-order valence-corrected chi connectivity index (χ3v) is 7.28. The van der Waals surface area contributed by atoms with Gasteiger partial charge in [0.15, 0.2) is 10.8 Å². The zero-order valence-electron chi connectivity index (χ0n) is 21.4. The molecule has 0 saturated carbocycles. The number of Topliss-reactive ketones (excluding diaryl/α,β-unsaturated/α-hetero) is 1. The van der Waals surface area contributed by atoms with Gasteiger partial charge in [-0.3, -0.25) is 9.48 Å². The molecule has 192 valence electrons. The van der Waals surface area contributed by atoms with Crippen molar-refractivity contribution in [1.29, 1.82) is 0 Å². The second-order valence-electron chi connectivity index (χ2n) is 9.26. The standard InChI is InChI=1S/C27H29N5O4S/c1-16(2)32-14-20(13-29-32)22-10-9-21(23(33)15-37(34,35)25-8-6-7-24(28)31-25)27(30-22)36-26-18(4)11-17(3)12-19(26)5/h6-14,16H,15H2,1-5H3,(H2,28,31). The molecule has 2 N–H and O–H groups in total. The van der Waals surface area contributed by atoms with Gasteiger partial charge in [-0.2, -0.15) is 5.10 Å². The number of nitrogens with two attached hydrogens (primary N) is 1. The van der Waals surface area contributed by atoms with Crippen LogP contribution in [0.3, 0.4) is 0 Å². The van der Waals surface area contributed by atoms with Crippen LogP contribution in [0.5, 0.6) is 11.6 Å². The Morgan fingerprint density at radius 3 is 2.38 bits per heavy atom. The maximum Gasteiger partial charge on any atom is 0.230 e. The number of anilines is 1. The van der Waals surface area contributed by atoms with E-state index in [0.29, 0.717) is 11.4 Å². The normalized spacial score (nSPS) is 11.6. The van der Waals surface area contributed by atoms with Gasteiger partial charge in [-0.25, -0.2) is 18.4 Å². The van der Waals surface area contributed by atoms with Gasteiger partial charge >= 0.3 is 0 Å². The lowest BCUT2D eigenvalue weighted by Crippen LogP contribution is -2.19. The maximum atomic E-state index is 13.3. The SMILES string of the molecule is Cc1cc(C)c(Oc2nc(-c3cnn(C(C)C)c3)ccc2C(=O)CS(=O)(=O)c2cccc(N)n2)c(C)c1. The number of ether oxygens (including phenoxy) is 1. The van der Waals surface area contributed by atoms with Gasteiger partial charge in [-0.15, -0.1) is 0 Å². The van der Waals surface area contributed by atoms with Crippen LogP contribution >= 0.6 is 0 Å². The minimum Gasteiger partial charge on any atom is -0.438 e. The summed E-state index contributed by atoms with van der Waals surface area (Å²) in [7, 11) is -4.05. The average Bonchev–Trinajstić information content (AvgIpc) is 3.32. The quantitative estimate of drug-likeness (QED) is 0.326. The molecule has 0 aliphatic heterocycles. The number of benzene rings is 1. The van der Waals surface area contributed by atoms with Crippen molar-refractivity contribution in [3.63, 3.8) is 0 Å². The van der Waals surface area contributed by atoms with Crippen molar-refractivity contribution >= 4 is 21.4 Å². The van der Waals surface area contributed by atoms with Gasteiger partial charge in [0.1, 0.15) is 17.3 Å². The summed E-state index contributed by atoms with van der Waals surface area (Å²) >= 11 is 0. The van der Waals surface area contributed by atoms with Crippen LogP contribution in [0.25, 0.3) is 11.3 Å². The van der Waals surface area contributed by atoms with E-state index >= 15 is 0 Å². The molecule has 3 heterocycles. The molecule has 0 aliphatic rings. The molecular formula is C27H29N5O4S. The molecule has 0 fully saturated rings. The number of sulfone groups is 1. The number of hydrogen-bond donors (Lipinski definition) is 1. The number of nitrogen functional groups attached to an aromatic ring is 1. The van der Waals surface area contributed by atoms with Crippen molar-refractivity contribution < 1.29 is 17.9 Å². The molecule has 37 heavy (non-hydrogen) atoms. The molecule has 0 bridgehead atoms. The van der Waals surface area contributed by atoms with Gasteiger partial charge in [-0.1, -0.05) is 23.8 Å². The third kappa shape index (κ3) is 5.69. The van der Waals surface area contributed by atoms with E-state index in [1.54, 1.807) is 16.9 Å². The van der Waals surface area contributed by atoms with Crippen LogP contribution in [0.4, 0.5) is 5.82 Å². The van der Waals surface area contributed by atoms with Crippen LogP contribution in [0.15, 0.2) is 59.9 Å². The van der Waals surface area contributed by atoms with Gasteiger partial charge in [0.2, 0.25) is 15.7 Å². The van der Waals surface area contributed by atoms with E-state index in [0.717, 1.165) is 22.3 Å². The van der Waals surface area contributed by atoms with Crippen molar-refractivity contribution in [2.75, 3.05) is 11.5 Å². The van der Waals surface area contributed by atoms with E-state index in [4.69, 9.17) is 10.5 Å². The Morgan fingerprint density at radius 1 is 1.05 bits per heavy atom.